The predicted octanol–water partition coefficient (Wildman–Crippen LogP) is -1.92. The normalized spacial score (nSPS) is 19.4. The van der Waals surface area contributed by atoms with Crippen LogP contribution in [0.3, 0.4) is 0 Å². The smallest absolute Gasteiger partial charge is 0.390 e. The van der Waals surface area contributed by atoms with Crippen molar-refractivity contribution in [3.05, 3.63) is 51.3 Å². The lowest BCUT2D eigenvalue weighted by Crippen LogP contribution is -2.33. The molecule has 0 aliphatic carbocycles. The van der Waals surface area contributed by atoms with Crippen LogP contribution >= 0.6 is 24.2 Å². The number of phosphoric acid groups is 2. The molecular weight excluding hydrogens is 759 g/mol. The number of imidazole rings is 1. The number of hydrogen-bond acceptors (Lipinski definition) is 16. The van der Waals surface area contributed by atoms with Crippen LogP contribution in [0.15, 0.2) is 39.5 Å². The highest BCUT2D eigenvalue weighted by Crippen LogP contribution is 2.63. The van der Waals surface area contributed by atoms with Crippen LogP contribution in [0.1, 0.15) is 31.1 Å². The second kappa shape index (κ2) is 18.2. The highest BCUT2D eigenvalue weighted by molar-refractivity contribution is 7.65. The minimum Gasteiger partial charge on any atom is -0.390 e. The number of rotatable bonds is 19. The lowest BCUT2D eigenvalue weighted by Gasteiger charge is -2.19. The second-order valence-electron chi connectivity index (χ2n) is 10.7. The van der Waals surface area contributed by atoms with Crippen molar-refractivity contribution in [2.75, 3.05) is 31.6 Å². The molecule has 286 valence electrons. The third-order valence-corrected chi connectivity index (χ3v) is 10.3. The van der Waals surface area contributed by atoms with Crippen LogP contribution in [-0.4, -0.2) is 104 Å². The van der Waals surface area contributed by atoms with Gasteiger partial charge in [-0.1, -0.05) is 0 Å². The molecule has 5 atom stereocenters. The molecule has 12 N–H and O–H groups in total. The van der Waals surface area contributed by atoms with Gasteiger partial charge in [-0.05, 0) is 18.9 Å². The topological polar surface area (TPSA) is 376 Å². The second-order valence-corrected chi connectivity index (χ2v) is 14.7. The van der Waals surface area contributed by atoms with E-state index in [1.165, 1.54) is 6.33 Å². The first-order chi connectivity index (χ1) is 24.5. The number of anilines is 1. The fraction of sp³-hybridized carbons (Fsp3) is 0.458. The summed E-state index contributed by atoms with van der Waals surface area (Å²) in [4.78, 5) is 92.6. The number of aliphatic imine (C=N–C) groups is 1. The highest BCUT2D eigenvalue weighted by Gasteiger charge is 2.39. The van der Waals surface area contributed by atoms with E-state index in [1.807, 2.05) is 4.57 Å². The molecule has 28 heteroatoms. The molecule has 3 aromatic heterocycles. The van der Waals surface area contributed by atoms with E-state index >= 15 is 0 Å². The summed E-state index contributed by atoms with van der Waals surface area (Å²) in [7, 11) is -14.1. The molecule has 25 nitrogen and oxygen atoms in total. The number of nitrogens with one attached hydrogen (secondary N) is 3. The standard InChI is InChI=1S/C24H36N11O14P3/c25-23(26)29-5-1-2-8-34-13-32-19-20(30-12-31-21(19)34)28-7-6-27-17(37)4-3-14-10-35(24(39)33-22(14)38)18-9-15(36)16(47-18)11-46-50(40)48-52(44,45)49-51(41,42)43/h3-4,10,12-13,15-16,18,36,40H,1-2,5-9,11H2,(H,27,37)(H,44,45)(H4,25,26,29)(H,28,30,31)(H,33,38,39)(H2,41,42,43)/b4-3+. The molecule has 52 heavy (non-hydrogen) atoms. The van der Waals surface area contributed by atoms with Gasteiger partial charge in [-0.2, -0.15) is 4.31 Å². The Labute approximate surface area is 293 Å². The number of aromatic amines is 1. The summed E-state index contributed by atoms with van der Waals surface area (Å²) in [5.41, 5.74) is 9.99. The zero-order valence-electron chi connectivity index (χ0n) is 26.9. The molecule has 0 radical (unpaired) electrons. The van der Waals surface area contributed by atoms with E-state index < -0.39 is 66.4 Å². The maximum absolute atomic E-state index is 12.5. The van der Waals surface area contributed by atoms with Crippen molar-refractivity contribution in [2.24, 2.45) is 16.5 Å². The van der Waals surface area contributed by atoms with Crippen molar-refractivity contribution in [3.8, 4) is 0 Å². The van der Waals surface area contributed by atoms with Crippen molar-refractivity contribution >= 4 is 59.2 Å². The first kappa shape index (κ1) is 40.8. The number of aryl methyl sites for hydroxylation is 1. The quantitative estimate of drug-likeness (QED) is 0.0208. The molecular formula is C24H36N11O14P3. The number of carbonyl (C=O) groups excluding carboxylic acids is 1. The van der Waals surface area contributed by atoms with E-state index in [4.69, 9.17) is 30.5 Å². The van der Waals surface area contributed by atoms with Crippen LogP contribution in [-0.2, 0) is 38.4 Å². The Morgan fingerprint density at radius 1 is 1.19 bits per heavy atom. The van der Waals surface area contributed by atoms with Crippen LogP contribution in [0, 0.1) is 0 Å². The monoisotopic (exact) mass is 795 g/mol. The number of aromatic nitrogens is 6. The molecule has 1 aliphatic rings. The van der Waals surface area contributed by atoms with E-state index in [9.17, 15) is 38.4 Å². The molecule has 4 rings (SSSR count). The fourth-order valence-electron chi connectivity index (χ4n) is 4.63. The van der Waals surface area contributed by atoms with Gasteiger partial charge in [-0.3, -0.25) is 24.1 Å². The van der Waals surface area contributed by atoms with Gasteiger partial charge in [0.15, 0.2) is 17.4 Å². The molecule has 4 heterocycles. The van der Waals surface area contributed by atoms with Crippen LogP contribution in [0.5, 0.6) is 0 Å². The first-order valence-corrected chi connectivity index (χ1v) is 19.2. The lowest BCUT2D eigenvalue weighted by molar-refractivity contribution is -0.116. The van der Waals surface area contributed by atoms with Crippen LogP contribution in [0.2, 0.25) is 0 Å². The Morgan fingerprint density at radius 3 is 2.69 bits per heavy atom. The summed E-state index contributed by atoms with van der Waals surface area (Å²) >= 11 is 0. The van der Waals surface area contributed by atoms with Gasteiger partial charge < -0.3 is 60.6 Å². The Hall–Kier alpha value is -3.96. The number of guanidine groups is 1. The van der Waals surface area contributed by atoms with Crippen molar-refractivity contribution in [2.45, 2.75) is 44.2 Å². The van der Waals surface area contributed by atoms with E-state index in [0.29, 0.717) is 30.1 Å². The zero-order valence-corrected chi connectivity index (χ0v) is 29.5. The predicted molar refractivity (Wildman–Crippen MR) is 181 cm³/mol. The van der Waals surface area contributed by atoms with Gasteiger partial charge in [-0.15, -0.1) is 0 Å². The van der Waals surface area contributed by atoms with Gasteiger partial charge in [0.05, 0.1) is 24.6 Å². The Balaban J connectivity index is 1.26. The number of aliphatic hydroxyl groups is 1. The number of amides is 1. The van der Waals surface area contributed by atoms with Gasteiger partial charge >= 0.3 is 29.9 Å². The average Bonchev–Trinajstić information content (AvgIpc) is 3.63. The molecule has 1 saturated heterocycles. The number of H-pyrrole nitrogens is 1. The Bertz CT molecular complexity index is 1980. The van der Waals surface area contributed by atoms with Crippen molar-refractivity contribution in [1.82, 2.24) is 34.4 Å². The number of ether oxygens (including phenoxy) is 1. The van der Waals surface area contributed by atoms with Gasteiger partial charge in [0.1, 0.15) is 24.2 Å². The molecule has 1 amide bonds. The number of nitrogens with zero attached hydrogens (tertiary/aromatic N) is 6. The van der Waals surface area contributed by atoms with Crippen LogP contribution < -0.4 is 33.3 Å². The molecule has 0 saturated carbocycles. The molecule has 5 unspecified atom stereocenters. The third kappa shape index (κ3) is 12.3. The number of carbonyl (C=O) groups is 1. The minimum absolute atomic E-state index is 0.0418. The summed E-state index contributed by atoms with van der Waals surface area (Å²) in [5, 5.41) is 16.1. The maximum atomic E-state index is 12.5. The summed E-state index contributed by atoms with van der Waals surface area (Å²) < 4.78 is 43.1. The number of unbranched alkanes of at least 4 members (excludes halogenated alkanes) is 1. The number of nitrogens with two attached hydrogens (primary N) is 2. The number of fused-ring (bicyclic) bond motifs is 1. The third-order valence-electron chi connectivity index (χ3n) is 6.88. The molecule has 0 bridgehead atoms. The molecule has 3 aromatic rings. The SMILES string of the molecule is NC(N)=NCCCCn1cnc2c(NCCNC(=O)/C=C/c3cn(C4CC(O)C(COP(O)OP(=O)(O)OP(=O)(O)O)O4)c(=O)[nH]c3=O)ncnc21. The number of aliphatic hydroxyl groups excluding tert-OH is 1. The molecule has 0 spiro atoms. The van der Waals surface area contributed by atoms with Crippen molar-refractivity contribution < 1.29 is 56.5 Å². The van der Waals surface area contributed by atoms with E-state index in [0.717, 1.165) is 35.8 Å². The summed E-state index contributed by atoms with van der Waals surface area (Å²) in [6, 6.07) is 0. The van der Waals surface area contributed by atoms with Gasteiger partial charge in [0.25, 0.3) is 5.56 Å². The molecule has 0 aromatic carbocycles. The maximum Gasteiger partial charge on any atom is 0.487 e. The average molecular weight is 796 g/mol. The van der Waals surface area contributed by atoms with Gasteiger partial charge in [0.2, 0.25) is 5.91 Å². The lowest BCUT2D eigenvalue weighted by atomic mass is 10.2. The van der Waals surface area contributed by atoms with Gasteiger partial charge in [0, 0.05) is 44.9 Å². The van der Waals surface area contributed by atoms with Crippen molar-refractivity contribution in [3.63, 3.8) is 0 Å². The summed E-state index contributed by atoms with van der Waals surface area (Å²) in [6.07, 6.45) is 4.02. The number of hydrogen-bond donors (Lipinski definition) is 10. The Morgan fingerprint density at radius 2 is 1.96 bits per heavy atom. The summed E-state index contributed by atoms with van der Waals surface area (Å²) in [5.74, 6) is -0.0619. The van der Waals surface area contributed by atoms with Crippen molar-refractivity contribution in [1.29, 1.82) is 0 Å². The first-order valence-electron chi connectivity index (χ1n) is 15.0. The molecule has 1 aliphatic heterocycles. The highest BCUT2D eigenvalue weighted by atomic mass is 31.3. The van der Waals surface area contributed by atoms with Crippen LogP contribution in [0.25, 0.3) is 17.2 Å². The molecule has 1 fully saturated rings. The van der Waals surface area contributed by atoms with Gasteiger partial charge in [-0.25, -0.2) is 33.2 Å². The van der Waals surface area contributed by atoms with E-state index in [1.54, 1.807) is 6.33 Å². The zero-order chi connectivity index (χ0) is 38.1. The van der Waals surface area contributed by atoms with E-state index in [-0.39, 0.29) is 31.0 Å². The Kier molecular flexibility index (Phi) is 14.3. The largest absolute Gasteiger partial charge is 0.487 e. The van der Waals surface area contributed by atoms with Crippen LogP contribution in [0.4, 0.5) is 5.82 Å². The van der Waals surface area contributed by atoms with E-state index in [2.05, 4.69) is 44.2 Å². The summed E-state index contributed by atoms with van der Waals surface area (Å²) in [6.45, 7) is 0.909. The fourth-order valence-corrected chi connectivity index (χ4v) is 7.27. The minimum atomic E-state index is -5.45.